The van der Waals surface area contributed by atoms with Crippen LogP contribution in [0.3, 0.4) is 0 Å². The van der Waals surface area contributed by atoms with E-state index >= 15 is 0 Å². The number of aromatic carboxylic acids is 1. The van der Waals surface area contributed by atoms with Crippen LogP contribution in [-0.2, 0) is 10.2 Å². The largest absolute Gasteiger partial charge is 0.476 e. The molecule has 2 unspecified atom stereocenters. The van der Waals surface area contributed by atoms with Gasteiger partial charge in [-0.2, -0.15) is 10.3 Å². The van der Waals surface area contributed by atoms with Crippen LogP contribution in [-0.4, -0.2) is 32.4 Å². The van der Waals surface area contributed by atoms with Crippen molar-refractivity contribution in [2.45, 2.75) is 12.3 Å². The van der Waals surface area contributed by atoms with E-state index in [9.17, 15) is 14.7 Å². The zero-order chi connectivity index (χ0) is 17.3. The molecular weight excluding hydrogens is 308 g/mol. The first-order chi connectivity index (χ1) is 11.5. The number of primary amides is 1. The highest BCUT2D eigenvalue weighted by Crippen LogP contribution is 2.40. The molecule has 7 nitrogen and oxygen atoms in total. The molecule has 0 aliphatic heterocycles. The van der Waals surface area contributed by atoms with Crippen LogP contribution in [0.5, 0.6) is 0 Å². The molecule has 1 amide bonds. The molecule has 0 saturated carbocycles. The van der Waals surface area contributed by atoms with Crippen LogP contribution in [0, 0.1) is 5.92 Å². The quantitative estimate of drug-likeness (QED) is 0.787. The number of carbonyl (C=O) groups excluding carboxylic acids is 1. The van der Waals surface area contributed by atoms with E-state index in [0.29, 0.717) is 0 Å². The molecule has 0 radical (unpaired) electrons. The summed E-state index contributed by atoms with van der Waals surface area (Å²) in [6.45, 7) is 1.80. The average Bonchev–Trinajstić information content (AvgIpc) is 3.05. The van der Waals surface area contributed by atoms with E-state index in [-0.39, 0.29) is 11.4 Å². The van der Waals surface area contributed by atoms with Gasteiger partial charge in [0.25, 0.3) is 0 Å². The maximum absolute atomic E-state index is 12.3. The SMILES string of the molecule is CC1C=C(c2ccccc2)C=CC1(C(N)=O)c1n[nH]nc1C(=O)O. The van der Waals surface area contributed by atoms with Crippen LogP contribution < -0.4 is 5.73 Å². The highest BCUT2D eigenvalue weighted by atomic mass is 16.4. The van der Waals surface area contributed by atoms with Crippen LogP contribution in [0.25, 0.3) is 5.57 Å². The molecule has 1 aromatic carbocycles. The third kappa shape index (κ3) is 2.30. The number of hydrogen-bond donors (Lipinski definition) is 3. The molecule has 1 heterocycles. The minimum absolute atomic E-state index is 0.0228. The summed E-state index contributed by atoms with van der Waals surface area (Å²) in [6, 6.07) is 9.68. The van der Waals surface area contributed by atoms with Crippen molar-refractivity contribution in [2.75, 3.05) is 0 Å². The van der Waals surface area contributed by atoms with Gasteiger partial charge in [-0.1, -0.05) is 55.5 Å². The van der Waals surface area contributed by atoms with Crippen LogP contribution in [0.15, 0.2) is 48.6 Å². The van der Waals surface area contributed by atoms with Gasteiger partial charge >= 0.3 is 5.97 Å². The smallest absolute Gasteiger partial charge is 0.358 e. The second-order valence-corrected chi connectivity index (χ2v) is 5.67. The number of nitrogens with zero attached hydrogens (tertiary/aromatic N) is 2. The summed E-state index contributed by atoms with van der Waals surface area (Å²) >= 11 is 0. The number of H-pyrrole nitrogens is 1. The summed E-state index contributed by atoms with van der Waals surface area (Å²) in [5.41, 5.74) is 5.93. The number of carbonyl (C=O) groups is 2. The summed E-state index contributed by atoms with van der Waals surface area (Å²) in [5, 5.41) is 19.1. The summed E-state index contributed by atoms with van der Waals surface area (Å²) in [7, 11) is 0. The van der Waals surface area contributed by atoms with Gasteiger partial charge in [0.1, 0.15) is 11.1 Å². The zero-order valence-electron chi connectivity index (χ0n) is 12.9. The molecule has 24 heavy (non-hydrogen) atoms. The van der Waals surface area contributed by atoms with Crippen LogP contribution in [0.2, 0.25) is 0 Å². The van der Waals surface area contributed by atoms with E-state index in [4.69, 9.17) is 5.73 Å². The van der Waals surface area contributed by atoms with Gasteiger partial charge in [-0.15, -0.1) is 5.10 Å². The predicted octanol–water partition coefficient (Wildman–Crippen LogP) is 1.52. The third-order valence-corrected chi connectivity index (χ3v) is 4.33. The molecule has 0 spiro atoms. The number of nitrogens with two attached hydrogens (primary N) is 1. The van der Waals surface area contributed by atoms with Crippen molar-refractivity contribution in [3.05, 3.63) is 65.5 Å². The average molecular weight is 324 g/mol. The van der Waals surface area contributed by atoms with Crippen molar-refractivity contribution in [3.8, 4) is 0 Å². The number of carboxylic acids is 1. The Morgan fingerprint density at radius 1 is 1.25 bits per heavy atom. The first-order valence-electron chi connectivity index (χ1n) is 7.37. The van der Waals surface area contributed by atoms with Gasteiger partial charge in [-0.3, -0.25) is 4.79 Å². The van der Waals surface area contributed by atoms with Gasteiger partial charge < -0.3 is 10.8 Å². The molecule has 2 atom stereocenters. The number of hydrogen-bond acceptors (Lipinski definition) is 4. The lowest BCUT2D eigenvalue weighted by Gasteiger charge is -2.33. The summed E-state index contributed by atoms with van der Waals surface area (Å²) in [4.78, 5) is 23.6. The first kappa shape index (κ1) is 15.7. The van der Waals surface area contributed by atoms with E-state index in [1.165, 1.54) is 0 Å². The van der Waals surface area contributed by atoms with Gasteiger partial charge in [-0.05, 0) is 17.1 Å². The molecule has 0 fully saturated rings. The van der Waals surface area contributed by atoms with E-state index in [1.807, 2.05) is 36.4 Å². The minimum atomic E-state index is -1.36. The molecule has 3 rings (SSSR count). The lowest BCUT2D eigenvalue weighted by atomic mass is 9.68. The fraction of sp³-hybridized carbons (Fsp3) is 0.176. The number of amides is 1. The van der Waals surface area contributed by atoms with Crippen molar-refractivity contribution in [1.29, 1.82) is 0 Å². The standard InChI is InChI=1S/C17H16N4O3/c1-10-9-12(11-5-3-2-4-6-11)7-8-17(10,16(18)24)14-13(15(22)23)19-21-20-14/h2-10H,1H3,(H2,18,24)(H,22,23)(H,19,20,21). The predicted molar refractivity (Wildman–Crippen MR) is 86.9 cm³/mol. The maximum Gasteiger partial charge on any atom is 0.358 e. The van der Waals surface area contributed by atoms with Crippen molar-refractivity contribution in [2.24, 2.45) is 11.7 Å². The van der Waals surface area contributed by atoms with Crippen molar-refractivity contribution in [3.63, 3.8) is 0 Å². The van der Waals surface area contributed by atoms with E-state index < -0.39 is 23.2 Å². The van der Waals surface area contributed by atoms with Gasteiger partial charge in [0.15, 0.2) is 5.69 Å². The Kier molecular flexibility index (Phi) is 3.76. The fourth-order valence-corrected chi connectivity index (χ4v) is 3.04. The third-order valence-electron chi connectivity index (χ3n) is 4.33. The molecule has 2 aromatic rings. The van der Waals surface area contributed by atoms with E-state index in [0.717, 1.165) is 11.1 Å². The van der Waals surface area contributed by atoms with Crippen LogP contribution in [0.1, 0.15) is 28.7 Å². The maximum atomic E-state index is 12.3. The molecule has 0 saturated heterocycles. The van der Waals surface area contributed by atoms with Crippen LogP contribution in [0.4, 0.5) is 0 Å². The lowest BCUT2D eigenvalue weighted by Crippen LogP contribution is -2.46. The summed E-state index contributed by atoms with van der Waals surface area (Å²) < 4.78 is 0. The Morgan fingerprint density at radius 2 is 1.96 bits per heavy atom. The van der Waals surface area contributed by atoms with Crippen LogP contribution >= 0.6 is 0 Å². The van der Waals surface area contributed by atoms with Crippen molar-refractivity contribution in [1.82, 2.24) is 15.4 Å². The molecule has 7 heteroatoms. The van der Waals surface area contributed by atoms with Gasteiger partial charge in [0, 0.05) is 0 Å². The molecule has 1 aromatic heterocycles. The number of benzene rings is 1. The van der Waals surface area contributed by atoms with Crippen molar-refractivity contribution < 1.29 is 14.7 Å². The van der Waals surface area contributed by atoms with Gasteiger partial charge in [0.2, 0.25) is 5.91 Å². The number of aromatic amines is 1. The molecule has 1 aliphatic rings. The Balaban J connectivity index is 2.10. The fourth-order valence-electron chi connectivity index (χ4n) is 3.04. The number of allylic oxidation sites excluding steroid dienone is 3. The van der Waals surface area contributed by atoms with E-state index in [1.54, 1.807) is 19.1 Å². The normalized spacial score (nSPS) is 22.9. The Bertz CT molecular complexity index is 854. The number of carboxylic acid groups (broad SMARTS) is 1. The summed E-state index contributed by atoms with van der Waals surface area (Å²) in [6.07, 6.45) is 5.27. The Morgan fingerprint density at radius 3 is 2.54 bits per heavy atom. The van der Waals surface area contributed by atoms with Crippen molar-refractivity contribution >= 4 is 17.4 Å². The second kappa shape index (κ2) is 5.77. The number of aromatic nitrogens is 3. The van der Waals surface area contributed by atoms with E-state index in [2.05, 4.69) is 15.4 Å². The molecule has 1 aliphatic carbocycles. The number of rotatable bonds is 4. The first-order valence-corrected chi connectivity index (χ1v) is 7.37. The molecule has 122 valence electrons. The van der Waals surface area contributed by atoms with Gasteiger partial charge in [0.05, 0.1) is 0 Å². The monoisotopic (exact) mass is 324 g/mol. The van der Waals surface area contributed by atoms with Gasteiger partial charge in [-0.25, -0.2) is 4.79 Å². The molecular formula is C17H16N4O3. The topological polar surface area (TPSA) is 122 Å². The lowest BCUT2D eigenvalue weighted by molar-refractivity contribution is -0.123. The summed E-state index contributed by atoms with van der Waals surface area (Å²) in [5.74, 6) is -2.33. The second-order valence-electron chi connectivity index (χ2n) is 5.67. The highest BCUT2D eigenvalue weighted by molar-refractivity contribution is 5.96. The minimum Gasteiger partial charge on any atom is -0.476 e. The zero-order valence-corrected chi connectivity index (χ0v) is 12.9. The molecule has 0 bridgehead atoms. The molecule has 4 N–H and O–H groups in total. The highest BCUT2D eigenvalue weighted by Gasteiger charge is 2.47. The Hall–Kier alpha value is -3.22. The Labute approximate surface area is 137 Å². The number of nitrogens with one attached hydrogen (secondary N) is 1.